The molecule has 1 aliphatic rings. The molecule has 2 rings (SSSR count). The maximum atomic E-state index is 13.3. The quantitative estimate of drug-likeness (QED) is 0.710. The van der Waals surface area contributed by atoms with Crippen molar-refractivity contribution in [2.45, 2.75) is 45.4 Å². The van der Waals surface area contributed by atoms with Crippen molar-refractivity contribution >= 4 is 17.4 Å². The van der Waals surface area contributed by atoms with Gasteiger partial charge in [-0.05, 0) is 30.5 Å². The molecule has 1 aromatic carbocycles. The van der Waals surface area contributed by atoms with E-state index in [2.05, 4.69) is 0 Å². The second kappa shape index (κ2) is 5.83. The summed E-state index contributed by atoms with van der Waals surface area (Å²) in [7, 11) is 0. The van der Waals surface area contributed by atoms with Gasteiger partial charge < -0.3 is 0 Å². The summed E-state index contributed by atoms with van der Waals surface area (Å²) in [5.74, 6) is 0.178. The minimum absolute atomic E-state index is 0.0509. The molecule has 0 aromatic heterocycles. The molecule has 0 spiro atoms. The molecule has 0 N–H and O–H groups in total. The van der Waals surface area contributed by atoms with E-state index >= 15 is 0 Å². The molecule has 1 fully saturated rings. The van der Waals surface area contributed by atoms with Crippen molar-refractivity contribution in [1.82, 2.24) is 0 Å². The zero-order chi connectivity index (χ0) is 13.1. The number of rotatable bonds is 3. The Labute approximate surface area is 112 Å². The van der Waals surface area contributed by atoms with Gasteiger partial charge in [0, 0.05) is 12.0 Å². The summed E-state index contributed by atoms with van der Waals surface area (Å²) in [6.07, 6.45) is 6.52. The van der Waals surface area contributed by atoms with Crippen LogP contribution in [0.5, 0.6) is 0 Å². The zero-order valence-electron chi connectivity index (χ0n) is 10.6. The summed E-state index contributed by atoms with van der Waals surface area (Å²) in [5.41, 5.74) is 0.951. The summed E-state index contributed by atoms with van der Waals surface area (Å²) in [4.78, 5) is 12.2. The highest BCUT2D eigenvalue weighted by Crippen LogP contribution is 2.29. The number of ketones is 1. The van der Waals surface area contributed by atoms with Gasteiger partial charge in [-0.25, -0.2) is 4.39 Å². The van der Waals surface area contributed by atoms with Gasteiger partial charge in [-0.2, -0.15) is 0 Å². The Morgan fingerprint density at radius 1 is 1.33 bits per heavy atom. The van der Waals surface area contributed by atoms with E-state index in [9.17, 15) is 9.18 Å². The van der Waals surface area contributed by atoms with Gasteiger partial charge in [-0.1, -0.05) is 43.7 Å². The predicted molar refractivity (Wildman–Crippen MR) is 71.7 cm³/mol. The Hall–Kier alpha value is -0.890. The zero-order valence-corrected chi connectivity index (χ0v) is 11.4. The second-order valence-corrected chi connectivity index (χ2v) is 5.62. The monoisotopic (exact) mass is 268 g/mol. The average molecular weight is 269 g/mol. The number of hydrogen-bond donors (Lipinski definition) is 0. The smallest absolute Gasteiger partial charge is 0.164 e. The topological polar surface area (TPSA) is 17.1 Å². The predicted octanol–water partition coefficient (Wildman–Crippen LogP) is 4.94. The molecule has 0 amide bonds. The van der Waals surface area contributed by atoms with Crippen molar-refractivity contribution in [2.24, 2.45) is 5.92 Å². The van der Waals surface area contributed by atoms with Crippen LogP contribution in [-0.2, 0) is 0 Å². The molecule has 0 aliphatic heterocycles. The largest absolute Gasteiger partial charge is 0.294 e. The van der Waals surface area contributed by atoms with Gasteiger partial charge in [0.15, 0.2) is 5.78 Å². The summed E-state index contributed by atoms with van der Waals surface area (Å²) < 4.78 is 13.3. The van der Waals surface area contributed by atoms with Crippen LogP contribution in [0.2, 0.25) is 5.02 Å². The first-order valence-electron chi connectivity index (χ1n) is 6.57. The highest BCUT2D eigenvalue weighted by Gasteiger charge is 2.20. The van der Waals surface area contributed by atoms with Gasteiger partial charge in [-0.3, -0.25) is 4.79 Å². The molecule has 0 bridgehead atoms. The fraction of sp³-hybridized carbons (Fsp3) is 0.533. The Bertz CT molecular complexity index is 450. The van der Waals surface area contributed by atoms with Crippen molar-refractivity contribution < 1.29 is 9.18 Å². The van der Waals surface area contributed by atoms with E-state index in [1.54, 1.807) is 13.0 Å². The Morgan fingerprint density at radius 3 is 2.67 bits per heavy atom. The van der Waals surface area contributed by atoms with Crippen LogP contribution in [-0.4, -0.2) is 5.78 Å². The molecular formula is C15H18ClFO. The van der Waals surface area contributed by atoms with E-state index in [1.165, 1.54) is 25.3 Å². The molecule has 98 valence electrons. The van der Waals surface area contributed by atoms with Gasteiger partial charge in [0.2, 0.25) is 0 Å². The van der Waals surface area contributed by atoms with Crippen molar-refractivity contribution in [3.05, 3.63) is 34.1 Å². The maximum Gasteiger partial charge on any atom is 0.164 e. The first-order valence-corrected chi connectivity index (χ1v) is 6.94. The van der Waals surface area contributed by atoms with Gasteiger partial charge in [0.25, 0.3) is 0 Å². The van der Waals surface area contributed by atoms with Crippen LogP contribution in [0.4, 0.5) is 4.39 Å². The number of carbonyl (C=O) groups is 1. The molecule has 0 saturated heterocycles. The Kier molecular flexibility index (Phi) is 4.39. The summed E-state index contributed by atoms with van der Waals surface area (Å²) in [5, 5.41) is 0.235. The van der Waals surface area contributed by atoms with Crippen LogP contribution in [0, 0.1) is 18.7 Å². The molecule has 0 atom stereocenters. The molecule has 1 nitrogen and oxygen atoms in total. The third kappa shape index (κ3) is 3.11. The summed E-state index contributed by atoms with van der Waals surface area (Å²) in [6.45, 7) is 1.66. The first-order chi connectivity index (χ1) is 8.58. The van der Waals surface area contributed by atoms with E-state index in [-0.39, 0.29) is 16.6 Å². The highest BCUT2D eigenvalue weighted by atomic mass is 35.5. The third-order valence-corrected chi connectivity index (χ3v) is 4.06. The lowest BCUT2D eigenvalue weighted by Gasteiger charge is -2.20. The number of hydrogen-bond acceptors (Lipinski definition) is 1. The van der Waals surface area contributed by atoms with E-state index in [0.29, 0.717) is 23.5 Å². The van der Waals surface area contributed by atoms with E-state index < -0.39 is 0 Å². The normalized spacial score (nSPS) is 16.8. The van der Waals surface area contributed by atoms with Crippen LogP contribution in [0.25, 0.3) is 0 Å². The van der Waals surface area contributed by atoms with Crippen molar-refractivity contribution in [3.63, 3.8) is 0 Å². The molecule has 1 aliphatic carbocycles. The van der Waals surface area contributed by atoms with E-state index in [4.69, 9.17) is 11.6 Å². The van der Waals surface area contributed by atoms with Crippen LogP contribution in [0.1, 0.15) is 54.4 Å². The number of carbonyl (C=O) groups excluding carboxylic acids is 1. The van der Waals surface area contributed by atoms with Crippen LogP contribution < -0.4 is 0 Å². The average Bonchev–Trinajstić information content (AvgIpc) is 2.35. The molecule has 18 heavy (non-hydrogen) atoms. The van der Waals surface area contributed by atoms with Gasteiger partial charge in [0.1, 0.15) is 5.82 Å². The van der Waals surface area contributed by atoms with Crippen molar-refractivity contribution in [2.75, 3.05) is 0 Å². The van der Waals surface area contributed by atoms with Crippen LogP contribution >= 0.6 is 11.6 Å². The fourth-order valence-electron chi connectivity index (χ4n) is 2.63. The molecular weight excluding hydrogens is 251 g/mol. The van der Waals surface area contributed by atoms with Gasteiger partial charge >= 0.3 is 0 Å². The van der Waals surface area contributed by atoms with Gasteiger partial charge in [0.05, 0.1) is 5.02 Å². The van der Waals surface area contributed by atoms with Crippen LogP contribution in [0.3, 0.4) is 0 Å². The SMILES string of the molecule is Cc1cc(C(=O)CC2CCCCC2)c(Cl)cc1F. The number of Topliss-reactive ketones (excluding diaryl/α,β-unsaturated/α-hetero) is 1. The number of halogens is 2. The van der Waals surface area contributed by atoms with Crippen molar-refractivity contribution in [3.8, 4) is 0 Å². The maximum absolute atomic E-state index is 13.3. The lowest BCUT2D eigenvalue weighted by molar-refractivity contribution is 0.0950. The summed E-state index contributed by atoms with van der Waals surface area (Å²) >= 11 is 5.95. The van der Waals surface area contributed by atoms with Gasteiger partial charge in [-0.15, -0.1) is 0 Å². The number of aryl methyl sites for hydroxylation is 1. The third-order valence-electron chi connectivity index (χ3n) is 3.75. The van der Waals surface area contributed by atoms with Crippen molar-refractivity contribution in [1.29, 1.82) is 0 Å². The first kappa shape index (κ1) is 13.5. The molecule has 1 saturated carbocycles. The lowest BCUT2D eigenvalue weighted by Crippen LogP contribution is -2.13. The van der Waals surface area contributed by atoms with E-state index in [0.717, 1.165) is 12.8 Å². The molecule has 0 radical (unpaired) electrons. The lowest BCUT2D eigenvalue weighted by atomic mass is 9.84. The van der Waals surface area contributed by atoms with Crippen LogP contribution in [0.15, 0.2) is 12.1 Å². The molecule has 1 aromatic rings. The highest BCUT2D eigenvalue weighted by molar-refractivity contribution is 6.34. The Morgan fingerprint density at radius 2 is 2.00 bits per heavy atom. The fourth-order valence-corrected chi connectivity index (χ4v) is 2.89. The Balaban J connectivity index is 2.10. The minimum atomic E-state index is -0.353. The summed E-state index contributed by atoms with van der Waals surface area (Å²) in [6, 6.07) is 2.81. The molecule has 3 heteroatoms. The second-order valence-electron chi connectivity index (χ2n) is 5.21. The van der Waals surface area contributed by atoms with E-state index in [1.807, 2.05) is 0 Å². The molecule has 0 unspecified atom stereocenters. The standard InChI is InChI=1S/C15H18ClFO/c1-10-7-12(13(16)9-14(10)17)15(18)8-11-5-3-2-4-6-11/h7,9,11H,2-6,8H2,1H3. The minimum Gasteiger partial charge on any atom is -0.294 e. The number of benzene rings is 1. The molecule has 0 heterocycles.